The molecule has 2 N–H and O–H groups in total. The Hall–Kier alpha value is -1.92. The fourth-order valence-corrected chi connectivity index (χ4v) is 2.24. The van der Waals surface area contributed by atoms with E-state index in [1.165, 1.54) is 4.90 Å². The molecule has 1 heterocycles. The second-order valence-electron chi connectivity index (χ2n) is 5.28. The summed E-state index contributed by atoms with van der Waals surface area (Å²) in [6.07, 6.45) is -0.176. The van der Waals surface area contributed by atoms with Crippen LogP contribution >= 0.6 is 0 Å². The summed E-state index contributed by atoms with van der Waals surface area (Å²) in [4.78, 5) is 25.7. The fourth-order valence-electron chi connectivity index (χ4n) is 2.24. The maximum atomic E-state index is 12.2. The molecule has 0 radical (unpaired) electrons. The van der Waals surface area contributed by atoms with Gasteiger partial charge in [0.1, 0.15) is 6.04 Å². The van der Waals surface area contributed by atoms with E-state index in [2.05, 4.69) is 10.6 Å². The highest BCUT2D eigenvalue weighted by atomic mass is 16.5. The molecule has 1 aliphatic rings. The van der Waals surface area contributed by atoms with Gasteiger partial charge in [0, 0.05) is 31.9 Å². The zero-order chi connectivity index (χ0) is 15.4. The summed E-state index contributed by atoms with van der Waals surface area (Å²) in [7, 11) is 3.39. The van der Waals surface area contributed by atoms with Crippen molar-refractivity contribution < 1.29 is 14.3 Å². The van der Waals surface area contributed by atoms with E-state index in [0.717, 1.165) is 0 Å². The molecule has 1 aliphatic heterocycles. The number of rotatable bonds is 3. The summed E-state index contributed by atoms with van der Waals surface area (Å²) < 4.78 is 5.46. The molecule has 114 valence electrons. The van der Waals surface area contributed by atoms with Gasteiger partial charge in [-0.15, -0.1) is 0 Å². The molecule has 1 saturated heterocycles. The number of carbonyl (C=O) groups is 2. The van der Waals surface area contributed by atoms with E-state index < -0.39 is 0 Å². The SMILES string of the molecule is C[C@H]1OCCN[C@@H]1C(=O)Nc1cccc(C(=O)N(C)C)c1. The molecule has 2 amide bonds. The van der Waals surface area contributed by atoms with E-state index in [-0.39, 0.29) is 24.0 Å². The summed E-state index contributed by atoms with van der Waals surface area (Å²) in [5.74, 6) is -0.254. The highest BCUT2D eigenvalue weighted by Crippen LogP contribution is 2.14. The van der Waals surface area contributed by atoms with Crippen molar-refractivity contribution in [3.8, 4) is 0 Å². The molecule has 0 aliphatic carbocycles. The number of hydrogen-bond donors (Lipinski definition) is 2. The van der Waals surface area contributed by atoms with Crippen LogP contribution in [0.15, 0.2) is 24.3 Å². The molecule has 1 aromatic rings. The van der Waals surface area contributed by atoms with Gasteiger partial charge in [-0.25, -0.2) is 0 Å². The third-order valence-electron chi connectivity index (χ3n) is 3.38. The average Bonchev–Trinajstić information content (AvgIpc) is 2.47. The maximum absolute atomic E-state index is 12.2. The van der Waals surface area contributed by atoms with Crippen LogP contribution in [0.5, 0.6) is 0 Å². The van der Waals surface area contributed by atoms with Crippen LogP contribution in [0.2, 0.25) is 0 Å². The highest BCUT2D eigenvalue weighted by molar-refractivity contribution is 5.98. The Balaban J connectivity index is 2.07. The van der Waals surface area contributed by atoms with Crippen molar-refractivity contribution in [3.63, 3.8) is 0 Å². The van der Waals surface area contributed by atoms with Crippen LogP contribution < -0.4 is 10.6 Å². The van der Waals surface area contributed by atoms with Gasteiger partial charge >= 0.3 is 0 Å². The van der Waals surface area contributed by atoms with Crippen molar-refractivity contribution in [3.05, 3.63) is 29.8 Å². The summed E-state index contributed by atoms with van der Waals surface area (Å²) in [5, 5.41) is 5.96. The summed E-state index contributed by atoms with van der Waals surface area (Å²) in [5.41, 5.74) is 1.14. The van der Waals surface area contributed by atoms with Crippen LogP contribution in [-0.4, -0.2) is 56.1 Å². The number of ether oxygens (including phenoxy) is 1. The standard InChI is InChI=1S/C15H21N3O3/c1-10-13(16-7-8-21-10)14(19)17-12-6-4-5-11(9-12)15(20)18(2)3/h4-6,9-10,13,16H,7-8H2,1-3H3,(H,17,19)/t10-,13+/m1/s1. The molecule has 0 unspecified atom stereocenters. The predicted octanol–water partition coefficient (Wildman–Crippen LogP) is 0.704. The number of hydrogen-bond acceptors (Lipinski definition) is 4. The highest BCUT2D eigenvalue weighted by Gasteiger charge is 2.28. The van der Waals surface area contributed by atoms with E-state index >= 15 is 0 Å². The van der Waals surface area contributed by atoms with Gasteiger partial charge in [0.2, 0.25) is 5.91 Å². The lowest BCUT2D eigenvalue weighted by molar-refractivity contribution is -0.123. The Morgan fingerprint density at radius 2 is 2.14 bits per heavy atom. The van der Waals surface area contributed by atoms with Gasteiger partial charge in [0.05, 0.1) is 12.7 Å². The lowest BCUT2D eigenvalue weighted by Crippen LogP contribution is -2.53. The van der Waals surface area contributed by atoms with Crippen molar-refractivity contribution in [2.75, 3.05) is 32.6 Å². The Morgan fingerprint density at radius 3 is 2.81 bits per heavy atom. The number of carbonyl (C=O) groups excluding carboxylic acids is 2. The van der Waals surface area contributed by atoms with Gasteiger partial charge < -0.3 is 20.3 Å². The van der Waals surface area contributed by atoms with E-state index in [4.69, 9.17) is 4.74 Å². The van der Waals surface area contributed by atoms with Crippen LogP contribution in [-0.2, 0) is 9.53 Å². The molecular weight excluding hydrogens is 270 g/mol. The fraction of sp³-hybridized carbons (Fsp3) is 0.467. The monoisotopic (exact) mass is 291 g/mol. The zero-order valence-electron chi connectivity index (χ0n) is 12.6. The molecular formula is C15H21N3O3. The molecule has 0 bridgehead atoms. The van der Waals surface area contributed by atoms with Crippen LogP contribution in [0.25, 0.3) is 0 Å². The van der Waals surface area contributed by atoms with Crippen LogP contribution in [0, 0.1) is 0 Å². The summed E-state index contributed by atoms with van der Waals surface area (Å²) in [6, 6.07) is 6.53. The van der Waals surface area contributed by atoms with Gasteiger partial charge in [-0.3, -0.25) is 9.59 Å². The third kappa shape index (κ3) is 3.80. The quantitative estimate of drug-likeness (QED) is 0.860. The zero-order valence-corrected chi connectivity index (χ0v) is 12.6. The number of nitrogens with zero attached hydrogens (tertiary/aromatic N) is 1. The van der Waals surface area contributed by atoms with E-state index in [9.17, 15) is 9.59 Å². The first-order valence-electron chi connectivity index (χ1n) is 6.96. The second-order valence-corrected chi connectivity index (χ2v) is 5.28. The van der Waals surface area contributed by atoms with Crippen molar-refractivity contribution in [2.24, 2.45) is 0 Å². The van der Waals surface area contributed by atoms with Gasteiger partial charge in [-0.05, 0) is 25.1 Å². The molecule has 0 aromatic heterocycles. The van der Waals surface area contributed by atoms with Crippen molar-refractivity contribution in [1.82, 2.24) is 10.2 Å². The molecule has 21 heavy (non-hydrogen) atoms. The topological polar surface area (TPSA) is 70.7 Å². The molecule has 6 heteroatoms. The number of amides is 2. The molecule has 1 fully saturated rings. The van der Waals surface area contributed by atoms with Gasteiger partial charge in [-0.1, -0.05) is 6.07 Å². The number of benzene rings is 1. The maximum Gasteiger partial charge on any atom is 0.253 e. The number of morpholine rings is 1. The predicted molar refractivity (Wildman–Crippen MR) is 80.3 cm³/mol. The molecule has 0 saturated carbocycles. The first-order valence-corrected chi connectivity index (χ1v) is 6.96. The van der Waals surface area contributed by atoms with E-state index in [0.29, 0.717) is 24.4 Å². The second kappa shape index (κ2) is 6.69. The average molecular weight is 291 g/mol. The molecule has 6 nitrogen and oxygen atoms in total. The molecule has 1 aromatic carbocycles. The Bertz CT molecular complexity index is 531. The van der Waals surface area contributed by atoms with Crippen molar-refractivity contribution in [1.29, 1.82) is 0 Å². The van der Waals surface area contributed by atoms with Crippen LogP contribution in [0.3, 0.4) is 0 Å². The Kier molecular flexibility index (Phi) is 4.93. The Morgan fingerprint density at radius 1 is 1.38 bits per heavy atom. The molecule has 0 spiro atoms. The van der Waals surface area contributed by atoms with Crippen molar-refractivity contribution >= 4 is 17.5 Å². The van der Waals surface area contributed by atoms with E-state index in [1.807, 2.05) is 6.92 Å². The van der Waals surface area contributed by atoms with Crippen LogP contribution in [0.4, 0.5) is 5.69 Å². The minimum atomic E-state index is -0.382. The van der Waals surface area contributed by atoms with Gasteiger partial charge in [0.15, 0.2) is 0 Å². The summed E-state index contributed by atoms with van der Waals surface area (Å²) >= 11 is 0. The number of nitrogens with one attached hydrogen (secondary N) is 2. The summed E-state index contributed by atoms with van der Waals surface area (Å²) in [6.45, 7) is 3.13. The van der Waals surface area contributed by atoms with Gasteiger partial charge in [0.25, 0.3) is 5.91 Å². The first-order chi connectivity index (χ1) is 9.99. The first kappa shape index (κ1) is 15.5. The molecule has 2 atom stereocenters. The lowest BCUT2D eigenvalue weighted by Gasteiger charge is -2.29. The Labute approximate surface area is 124 Å². The smallest absolute Gasteiger partial charge is 0.253 e. The molecule has 2 rings (SSSR count). The normalized spacial score (nSPS) is 21.7. The third-order valence-corrected chi connectivity index (χ3v) is 3.38. The van der Waals surface area contributed by atoms with Crippen molar-refractivity contribution in [2.45, 2.75) is 19.1 Å². The van der Waals surface area contributed by atoms with Crippen LogP contribution in [0.1, 0.15) is 17.3 Å². The number of anilines is 1. The minimum absolute atomic E-state index is 0.0985. The largest absolute Gasteiger partial charge is 0.375 e. The van der Waals surface area contributed by atoms with Gasteiger partial charge in [-0.2, -0.15) is 0 Å². The minimum Gasteiger partial charge on any atom is -0.375 e. The van der Waals surface area contributed by atoms with E-state index in [1.54, 1.807) is 38.4 Å². The lowest BCUT2D eigenvalue weighted by atomic mass is 10.1.